The first-order valence-corrected chi connectivity index (χ1v) is 7.96. The first kappa shape index (κ1) is 14.5. The molecule has 0 fully saturated rings. The summed E-state index contributed by atoms with van der Waals surface area (Å²) in [5, 5.41) is 0. The molecule has 2 aromatic rings. The molecule has 0 atom stereocenters. The van der Waals surface area contributed by atoms with Crippen molar-refractivity contribution in [2.75, 3.05) is 6.26 Å². The Labute approximate surface area is 118 Å². The number of aromatic nitrogens is 1. The summed E-state index contributed by atoms with van der Waals surface area (Å²) in [6, 6.07) is 11.9. The van der Waals surface area contributed by atoms with Crippen LogP contribution in [0.3, 0.4) is 0 Å². The normalized spacial score (nSPS) is 11.3. The van der Waals surface area contributed by atoms with Crippen LogP contribution in [-0.2, 0) is 23.0 Å². The minimum absolute atomic E-state index is 0.271. The summed E-state index contributed by atoms with van der Waals surface area (Å²) >= 11 is 0. The maximum absolute atomic E-state index is 11.3. The second-order valence-electron chi connectivity index (χ2n) is 4.36. The van der Waals surface area contributed by atoms with Crippen LogP contribution in [0.2, 0.25) is 0 Å². The Hall–Kier alpha value is -1.92. The van der Waals surface area contributed by atoms with Gasteiger partial charge in [-0.05, 0) is 36.4 Å². The van der Waals surface area contributed by atoms with Gasteiger partial charge in [0.05, 0.1) is 16.3 Å². The van der Waals surface area contributed by atoms with Gasteiger partial charge < -0.3 is 10.5 Å². The molecule has 0 aliphatic carbocycles. The van der Waals surface area contributed by atoms with Gasteiger partial charge in [-0.15, -0.1) is 0 Å². The van der Waals surface area contributed by atoms with Crippen molar-refractivity contribution in [3.8, 4) is 5.75 Å². The molecule has 106 valence electrons. The molecule has 6 heteroatoms. The molecule has 1 aromatic carbocycles. The van der Waals surface area contributed by atoms with Gasteiger partial charge in [0.25, 0.3) is 0 Å². The lowest BCUT2D eigenvalue weighted by molar-refractivity contribution is 0.301. The predicted molar refractivity (Wildman–Crippen MR) is 76.0 cm³/mol. The zero-order valence-electron chi connectivity index (χ0n) is 11.1. The first-order chi connectivity index (χ1) is 9.49. The van der Waals surface area contributed by atoms with E-state index in [0.29, 0.717) is 18.9 Å². The van der Waals surface area contributed by atoms with Gasteiger partial charge in [0.2, 0.25) is 0 Å². The van der Waals surface area contributed by atoms with Gasteiger partial charge in [0.1, 0.15) is 12.4 Å². The van der Waals surface area contributed by atoms with E-state index in [9.17, 15) is 8.42 Å². The van der Waals surface area contributed by atoms with Crippen LogP contribution in [0, 0.1) is 0 Å². The molecule has 0 saturated carbocycles. The lowest BCUT2D eigenvalue weighted by Crippen LogP contribution is -2.04. The largest absolute Gasteiger partial charge is 0.487 e. The second kappa shape index (κ2) is 6.02. The molecule has 0 spiro atoms. The van der Waals surface area contributed by atoms with E-state index in [1.807, 2.05) is 18.2 Å². The third-order valence-electron chi connectivity index (χ3n) is 2.71. The summed E-state index contributed by atoms with van der Waals surface area (Å²) in [4.78, 5) is 4.59. The molecule has 1 heterocycles. The molecule has 0 bridgehead atoms. The standard InChI is InChI=1S/C14H16N2O3S/c1-20(17,18)14-7-5-13(6-8-14)19-10-12-4-2-3-11(9-15)16-12/h2-8H,9-10,15H2,1H3. The number of rotatable bonds is 5. The van der Waals surface area contributed by atoms with E-state index in [0.717, 1.165) is 11.4 Å². The highest BCUT2D eigenvalue weighted by atomic mass is 32.2. The maximum atomic E-state index is 11.3. The minimum atomic E-state index is -3.18. The molecule has 1 aromatic heterocycles. The van der Waals surface area contributed by atoms with Crippen LogP contribution < -0.4 is 10.5 Å². The molecule has 0 radical (unpaired) electrons. The van der Waals surface area contributed by atoms with Crippen molar-refractivity contribution in [1.29, 1.82) is 0 Å². The number of benzene rings is 1. The van der Waals surface area contributed by atoms with Crippen molar-refractivity contribution in [3.63, 3.8) is 0 Å². The SMILES string of the molecule is CS(=O)(=O)c1ccc(OCc2cccc(CN)n2)cc1. The summed E-state index contributed by atoms with van der Waals surface area (Å²) < 4.78 is 28.2. The predicted octanol–water partition coefficient (Wildman–Crippen LogP) is 1.52. The molecule has 0 amide bonds. The summed E-state index contributed by atoms with van der Waals surface area (Å²) in [6.07, 6.45) is 1.17. The summed E-state index contributed by atoms with van der Waals surface area (Å²) in [6.45, 7) is 0.697. The van der Waals surface area contributed by atoms with Crippen molar-refractivity contribution in [3.05, 3.63) is 53.9 Å². The quantitative estimate of drug-likeness (QED) is 0.903. The van der Waals surface area contributed by atoms with Crippen LogP contribution in [0.4, 0.5) is 0 Å². The zero-order valence-corrected chi connectivity index (χ0v) is 11.9. The van der Waals surface area contributed by atoms with Crippen molar-refractivity contribution >= 4 is 9.84 Å². The summed E-state index contributed by atoms with van der Waals surface area (Å²) in [7, 11) is -3.18. The Morgan fingerprint density at radius 2 is 1.75 bits per heavy atom. The number of sulfone groups is 1. The van der Waals surface area contributed by atoms with E-state index in [-0.39, 0.29) is 4.90 Å². The Morgan fingerprint density at radius 3 is 2.35 bits per heavy atom. The Bertz CT molecular complexity index is 682. The van der Waals surface area contributed by atoms with Crippen molar-refractivity contribution < 1.29 is 13.2 Å². The number of pyridine rings is 1. The summed E-state index contributed by atoms with van der Waals surface area (Å²) in [5.74, 6) is 0.595. The average Bonchev–Trinajstić information content (AvgIpc) is 2.45. The van der Waals surface area contributed by atoms with Crippen LogP contribution in [0.1, 0.15) is 11.4 Å². The van der Waals surface area contributed by atoms with Crippen LogP contribution in [0.25, 0.3) is 0 Å². The van der Waals surface area contributed by atoms with Crippen LogP contribution >= 0.6 is 0 Å². The molecule has 0 aliphatic heterocycles. The second-order valence-corrected chi connectivity index (χ2v) is 6.37. The molecule has 5 nitrogen and oxygen atoms in total. The Kier molecular flexibility index (Phi) is 4.36. The topological polar surface area (TPSA) is 82.3 Å². The van der Waals surface area contributed by atoms with Gasteiger partial charge in [-0.3, -0.25) is 4.98 Å². The summed E-state index contributed by atoms with van der Waals surface area (Å²) in [5.41, 5.74) is 7.11. The van der Waals surface area contributed by atoms with Gasteiger partial charge in [0, 0.05) is 12.8 Å². The molecular weight excluding hydrogens is 276 g/mol. The molecule has 20 heavy (non-hydrogen) atoms. The van der Waals surface area contributed by atoms with Gasteiger partial charge in [-0.2, -0.15) is 0 Å². The number of hydrogen-bond acceptors (Lipinski definition) is 5. The van der Waals surface area contributed by atoms with E-state index >= 15 is 0 Å². The molecule has 0 unspecified atom stereocenters. The highest BCUT2D eigenvalue weighted by Gasteiger charge is 2.06. The fraction of sp³-hybridized carbons (Fsp3) is 0.214. The van der Waals surface area contributed by atoms with Crippen LogP contribution in [0.5, 0.6) is 5.75 Å². The van der Waals surface area contributed by atoms with Crippen LogP contribution in [0.15, 0.2) is 47.4 Å². The highest BCUT2D eigenvalue weighted by Crippen LogP contribution is 2.16. The van der Waals surface area contributed by atoms with Crippen molar-refractivity contribution in [1.82, 2.24) is 4.98 Å². The Morgan fingerprint density at radius 1 is 1.10 bits per heavy atom. The van der Waals surface area contributed by atoms with Crippen molar-refractivity contribution in [2.45, 2.75) is 18.0 Å². The fourth-order valence-electron chi connectivity index (χ4n) is 1.66. The van der Waals surface area contributed by atoms with Crippen molar-refractivity contribution in [2.24, 2.45) is 5.73 Å². The monoisotopic (exact) mass is 292 g/mol. The molecule has 0 saturated heterocycles. The smallest absolute Gasteiger partial charge is 0.175 e. The number of hydrogen-bond donors (Lipinski definition) is 1. The molecule has 0 aliphatic rings. The van der Waals surface area contributed by atoms with E-state index in [1.54, 1.807) is 12.1 Å². The van der Waals surface area contributed by atoms with Gasteiger partial charge in [-0.25, -0.2) is 8.42 Å². The maximum Gasteiger partial charge on any atom is 0.175 e. The number of ether oxygens (including phenoxy) is 1. The van der Waals surface area contributed by atoms with Gasteiger partial charge >= 0.3 is 0 Å². The first-order valence-electron chi connectivity index (χ1n) is 6.07. The van der Waals surface area contributed by atoms with E-state index < -0.39 is 9.84 Å². The van der Waals surface area contributed by atoms with E-state index in [1.165, 1.54) is 18.4 Å². The lowest BCUT2D eigenvalue weighted by atomic mass is 10.3. The molecule has 2 N–H and O–H groups in total. The highest BCUT2D eigenvalue weighted by molar-refractivity contribution is 7.90. The van der Waals surface area contributed by atoms with Crippen LogP contribution in [-0.4, -0.2) is 19.7 Å². The van der Waals surface area contributed by atoms with E-state index in [2.05, 4.69) is 4.98 Å². The lowest BCUT2D eigenvalue weighted by Gasteiger charge is -2.07. The molecule has 2 rings (SSSR count). The van der Waals surface area contributed by atoms with E-state index in [4.69, 9.17) is 10.5 Å². The minimum Gasteiger partial charge on any atom is -0.487 e. The number of nitrogens with two attached hydrogens (primary N) is 1. The fourth-order valence-corrected chi connectivity index (χ4v) is 2.29. The number of nitrogens with zero attached hydrogens (tertiary/aromatic N) is 1. The molecular formula is C14H16N2O3S. The Balaban J connectivity index is 2.04. The third-order valence-corrected chi connectivity index (χ3v) is 3.84. The van der Waals surface area contributed by atoms with Gasteiger partial charge in [0.15, 0.2) is 9.84 Å². The zero-order chi connectivity index (χ0) is 14.6. The van der Waals surface area contributed by atoms with Gasteiger partial charge in [-0.1, -0.05) is 6.07 Å². The average molecular weight is 292 g/mol. The third kappa shape index (κ3) is 3.79.